The van der Waals surface area contributed by atoms with E-state index in [0.717, 1.165) is 31.2 Å². The second-order valence-electron chi connectivity index (χ2n) is 12.7. The van der Waals surface area contributed by atoms with Crippen molar-refractivity contribution in [3.8, 4) is 5.75 Å². The van der Waals surface area contributed by atoms with Crippen LogP contribution in [0.15, 0.2) is 49.3 Å². The number of carbonyl (C=O) groups excluding carboxylic acids is 4. The summed E-state index contributed by atoms with van der Waals surface area (Å²) in [6, 6.07) is 3.34. The highest BCUT2D eigenvalue weighted by atomic mass is 16.3. The van der Waals surface area contributed by atoms with Gasteiger partial charge in [-0.2, -0.15) is 0 Å². The summed E-state index contributed by atoms with van der Waals surface area (Å²) in [4.78, 5) is 68.0. The molecule has 0 fully saturated rings. The Morgan fingerprint density at radius 1 is 0.700 bits per heavy atom. The molecule has 0 saturated heterocycles. The topological polar surface area (TPSA) is 220 Å². The summed E-state index contributed by atoms with van der Waals surface area (Å²) in [5.74, 6) is -1.69. The lowest BCUT2D eigenvalue weighted by Crippen LogP contribution is -2.58. The average molecular weight is 694 g/mol. The van der Waals surface area contributed by atoms with E-state index in [9.17, 15) is 24.3 Å². The molecule has 3 rings (SSSR count). The number of aromatic hydroxyl groups is 1. The fraction of sp³-hybridized carbons (Fsp3) is 0.556. The number of nitrogens with zero attached hydrogens (tertiary/aromatic N) is 2. The average Bonchev–Trinajstić information content (AvgIpc) is 3.83. The van der Waals surface area contributed by atoms with Crippen molar-refractivity contribution in [1.29, 1.82) is 0 Å². The van der Waals surface area contributed by atoms with Crippen molar-refractivity contribution in [3.05, 3.63) is 66.3 Å². The van der Waals surface area contributed by atoms with Gasteiger partial charge in [-0.05, 0) is 43.5 Å². The molecule has 2 aromatic heterocycles. The summed E-state index contributed by atoms with van der Waals surface area (Å²) in [6.45, 7) is 3.10. The molecule has 3 aromatic rings. The number of nitrogens with one attached hydrogen (secondary N) is 6. The Morgan fingerprint density at radius 3 is 1.78 bits per heavy atom. The summed E-state index contributed by atoms with van der Waals surface area (Å²) in [6.07, 6.45) is 16.9. The molecule has 9 N–H and O–H groups in total. The molecule has 0 aliphatic rings. The fourth-order valence-corrected chi connectivity index (χ4v) is 5.56. The van der Waals surface area contributed by atoms with Gasteiger partial charge in [0.05, 0.1) is 12.7 Å². The number of H-pyrrole nitrogens is 2. The molecule has 0 unspecified atom stereocenters. The number of imidazole rings is 2. The van der Waals surface area contributed by atoms with E-state index < -0.39 is 29.9 Å². The standard InChI is InChI=1S/C36H55N9O5/c1-2-3-4-5-6-7-8-9-12-33(47)43-30(19-26-13-15-29(46)16-14-26)35(49)45-32(21-28-23-39-25-42-28)36(50)44-31(20-27-22-38-24-41-27)34(48)40-18-11-10-17-37/h13-16,22-25,30-32,46H,2-12,17-21,37H2,1H3,(H,38,41)(H,39,42)(H,40,48)(H,43,47)(H,44,50)(H,45,49)/t30-,31-,32-/m0/s1. The van der Waals surface area contributed by atoms with Crippen LogP contribution in [0.4, 0.5) is 0 Å². The van der Waals surface area contributed by atoms with Gasteiger partial charge in [0.1, 0.15) is 23.9 Å². The van der Waals surface area contributed by atoms with E-state index >= 15 is 0 Å². The molecule has 0 aliphatic heterocycles. The summed E-state index contributed by atoms with van der Waals surface area (Å²) < 4.78 is 0. The summed E-state index contributed by atoms with van der Waals surface area (Å²) in [7, 11) is 0. The molecule has 4 amide bonds. The molecule has 14 heteroatoms. The number of phenolic OH excluding ortho intramolecular Hbond substituents is 1. The third-order valence-electron chi connectivity index (χ3n) is 8.44. The lowest BCUT2D eigenvalue weighted by atomic mass is 10.0. The SMILES string of the molecule is CCCCCCCCCCC(=O)N[C@@H](Cc1ccc(O)cc1)C(=O)N[C@@H](Cc1cnc[nH]1)C(=O)N[C@@H](Cc1cnc[nH]1)C(=O)NCCCCN. The Balaban J connectivity index is 1.72. The third-order valence-corrected chi connectivity index (χ3v) is 8.44. The van der Waals surface area contributed by atoms with Crippen LogP contribution in [0.3, 0.4) is 0 Å². The molecule has 14 nitrogen and oxygen atoms in total. The molecule has 0 aliphatic carbocycles. The number of rotatable bonds is 25. The third kappa shape index (κ3) is 15.2. The van der Waals surface area contributed by atoms with Crippen LogP contribution >= 0.6 is 0 Å². The van der Waals surface area contributed by atoms with Crippen LogP contribution in [-0.2, 0) is 38.4 Å². The normalized spacial score (nSPS) is 12.8. The molecule has 0 radical (unpaired) electrons. The second kappa shape index (κ2) is 22.8. The van der Waals surface area contributed by atoms with E-state index in [1.807, 2.05) is 0 Å². The monoisotopic (exact) mass is 693 g/mol. The number of unbranched alkanes of at least 4 members (excludes halogenated alkanes) is 8. The maximum atomic E-state index is 13.9. The minimum atomic E-state index is -1.11. The minimum absolute atomic E-state index is 0.0601. The van der Waals surface area contributed by atoms with E-state index in [4.69, 9.17) is 5.73 Å². The number of nitrogens with two attached hydrogens (primary N) is 1. The van der Waals surface area contributed by atoms with Crippen molar-refractivity contribution in [2.75, 3.05) is 13.1 Å². The van der Waals surface area contributed by atoms with Crippen LogP contribution in [0.2, 0.25) is 0 Å². The largest absolute Gasteiger partial charge is 0.508 e. The Morgan fingerprint density at radius 2 is 1.24 bits per heavy atom. The summed E-state index contributed by atoms with van der Waals surface area (Å²) in [5, 5.41) is 21.1. The molecule has 274 valence electrons. The van der Waals surface area contributed by atoms with Crippen LogP contribution in [-0.4, -0.2) is 79.9 Å². The Bertz CT molecular complexity index is 1400. The molecular weight excluding hydrogens is 638 g/mol. The molecule has 1 aromatic carbocycles. The highest BCUT2D eigenvalue weighted by Gasteiger charge is 2.30. The second-order valence-corrected chi connectivity index (χ2v) is 12.7. The predicted octanol–water partition coefficient (Wildman–Crippen LogP) is 2.71. The molecule has 0 bridgehead atoms. The number of benzene rings is 1. The molecule has 2 heterocycles. The van der Waals surface area contributed by atoms with Crippen molar-refractivity contribution in [1.82, 2.24) is 41.2 Å². The lowest BCUT2D eigenvalue weighted by Gasteiger charge is -2.25. The number of amides is 4. The van der Waals surface area contributed by atoms with E-state index in [1.165, 1.54) is 50.5 Å². The van der Waals surface area contributed by atoms with Crippen LogP contribution < -0.4 is 27.0 Å². The van der Waals surface area contributed by atoms with Gasteiger partial charge in [0, 0.05) is 56.0 Å². The molecule has 0 saturated carbocycles. The zero-order valence-electron chi connectivity index (χ0n) is 29.2. The molecule has 3 atom stereocenters. The predicted molar refractivity (Wildman–Crippen MR) is 191 cm³/mol. The van der Waals surface area contributed by atoms with Gasteiger partial charge in [0.15, 0.2) is 0 Å². The number of aromatic amines is 2. The molecule has 0 spiro atoms. The van der Waals surface area contributed by atoms with Crippen molar-refractivity contribution in [2.24, 2.45) is 5.73 Å². The zero-order chi connectivity index (χ0) is 36.0. The number of phenols is 1. The first-order valence-electron chi connectivity index (χ1n) is 17.9. The van der Waals surface area contributed by atoms with Gasteiger partial charge in [-0.1, -0.05) is 64.0 Å². The van der Waals surface area contributed by atoms with Gasteiger partial charge in [-0.25, -0.2) is 9.97 Å². The first kappa shape index (κ1) is 39.7. The van der Waals surface area contributed by atoms with Crippen LogP contribution in [0.1, 0.15) is 94.5 Å². The first-order chi connectivity index (χ1) is 24.3. The summed E-state index contributed by atoms with van der Waals surface area (Å²) in [5.41, 5.74) is 7.54. The number of aromatic nitrogens is 4. The van der Waals surface area contributed by atoms with Gasteiger partial charge >= 0.3 is 0 Å². The molecule has 50 heavy (non-hydrogen) atoms. The summed E-state index contributed by atoms with van der Waals surface area (Å²) >= 11 is 0. The Hall–Kier alpha value is -4.72. The number of hydrogen-bond donors (Lipinski definition) is 8. The fourth-order valence-electron chi connectivity index (χ4n) is 5.56. The van der Waals surface area contributed by atoms with E-state index in [-0.39, 0.29) is 43.2 Å². The van der Waals surface area contributed by atoms with E-state index in [0.29, 0.717) is 37.3 Å². The Labute approximate surface area is 294 Å². The highest BCUT2D eigenvalue weighted by molar-refractivity contribution is 5.94. The molecular formula is C36H55N9O5. The van der Waals surface area contributed by atoms with Crippen LogP contribution in [0.5, 0.6) is 5.75 Å². The maximum absolute atomic E-state index is 13.9. The minimum Gasteiger partial charge on any atom is -0.508 e. The van der Waals surface area contributed by atoms with Crippen LogP contribution in [0, 0.1) is 0 Å². The van der Waals surface area contributed by atoms with Crippen LogP contribution in [0.25, 0.3) is 0 Å². The highest BCUT2D eigenvalue weighted by Crippen LogP contribution is 2.13. The Kier molecular flexibility index (Phi) is 18.1. The lowest BCUT2D eigenvalue weighted by molar-refractivity contribution is -0.133. The smallest absolute Gasteiger partial charge is 0.243 e. The van der Waals surface area contributed by atoms with Crippen molar-refractivity contribution < 1.29 is 24.3 Å². The van der Waals surface area contributed by atoms with Crippen molar-refractivity contribution >= 4 is 23.6 Å². The quantitative estimate of drug-likeness (QED) is 0.0615. The zero-order valence-corrected chi connectivity index (χ0v) is 29.2. The van der Waals surface area contributed by atoms with Gasteiger partial charge in [-0.15, -0.1) is 0 Å². The van der Waals surface area contributed by atoms with E-state index in [2.05, 4.69) is 48.1 Å². The maximum Gasteiger partial charge on any atom is 0.243 e. The van der Waals surface area contributed by atoms with Gasteiger partial charge in [0.2, 0.25) is 23.6 Å². The van der Waals surface area contributed by atoms with Gasteiger partial charge in [0.25, 0.3) is 0 Å². The van der Waals surface area contributed by atoms with Crippen molar-refractivity contribution in [2.45, 2.75) is 115 Å². The van der Waals surface area contributed by atoms with Gasteiger partial charge < -0.3 is 42.1 Å². The number of carbonyl (C=O) groups is 4. The number of hydrogen-bond acceptors (Lipinski definition) is 8. The van der Waals surface area contributed by atoms with E-state index in [1.54, 1.807) is 24.5 Å². The van der Waals surface area contributed by atoms with Crippen molar-refractivity contribution in [3.63, 3.8) is 0 Å². The first-order valence-corrected chi connectivity index (χ1v) is 17.9. The van der Waals surface area contributed by atoms with Gasteiger partial charge in [-0.3, -0.25) is 19.2 Å².